The molecule has 0 bridgehead atoms. The number of piperazine rings is 1. The zero-order valence-electron chi connectivity index (χ0n) is 10.0. The smallest absolute Gasteiger partial charge is 0.246 e. The lowest BCUT2D eigenvalue weighted by molar-refractivity contribution is -0.149. The average molecular weight is 243 g/mol. The number of carbonyl (C=O) groups excluding carboxylic acids is 2. The monoisotopic (exact) mass is 243 g/mol. The molecular formula is C13H13N3O2. The molecule has 0 radical (unpaired) electrons. The van der Waals surface area contributed by atoms with Crippen LogP contribution in [0.25, 0.3) is 0 Å². The van der Waals surface area contributed by atoms with Crippen LogP contribution in [0.2, 0.25) is 0 Å². The minimum atomic E-state index is -0.364. The van der Waals surface area contributed by atoms with E-state index in [0.717, 1.165) is 0 Å². The number of carbonyl (C=O) groups is 2. The summed E-state index contributed by atoms with van der Waals surface area (Å²) < 4.78 is 0. The van der Waals surface area contributed by atoms with E-state index in [-0.39, 0.29) is 30.9 Å². The maximum Gasteiger partial charge on any atom is 0.246 e. The van der Waals surface area contributed by atoms with Crippen LogP contribution in [-0.2, 0) is 16.1 Å². The first-order valence-electron chi connectivity index (χ1n) is 5.69. The topological polar surface area (TPSA) is 73.2 Å². The van der Waals surface area contributed by atoms with Gasteiger partial charge in [-0.2, -0.15) is 5.26 Å². The van der Waals surface area contributed by atoms with E-state index in [0.29, 0.717) is 11.1 Å². The molecule has 1 saturated heterocycles. The van der Waals surface area contributed by atoms with Crippen molar-refractivity contribution in [2.24, 2.45) is 0 Å². The number of amides is 2. The molecule has 2 amide bonds. The number of hydrogen-bond donors (Lipinski definition) is 1. The lowest BCUT2D eigenvalue weighted by Gasteiger charge is -2.29. The van der Waals surface area contributed by atoms with E-state index in [1.165, 1.54) is 4.90 Å². The summed E-state index contributed by atoms with van der Waals surface area (Å²) in [6.45, 7) is 2.03. The van der Waals surface area contributed by atoms with Crippen LogP contribution in [0.4, 0.5) is 0 Å². The highest BCUT2D eigenvalue weighted by atomic mass is 16.2. The van der Waals surface area contributed by atoms with Gasteiger partial charge in [-0.3, -0.25) is 19.8 Å². The molecular weight excluding hydrogens is 230 g/mol. The van der Waals surface area contributed by atoms with E-state index >= 15 is 0 Å². The van der Waals surface area contributed by atoms with E-state index in [1.807, 2.05) is 0 Å². The molecule has 5 heteroatoms. The fourth-order valence-electron chi connectivity index (χ4n) is 1.88. The Morgan fingerprint density at radius 2 is 2.17 bits per heavy atom. The average Bonchev–Trinajstić information content (AvgIpc) is 2.39. The number of hydrogen-bond acceptors (Lipinski definition) is 4. The predicted molar refractivity (Wildman–Crippen MR) is 64.2 cm³/mol. The number of imide groups is 1. The highest BCUT2D eigenvalue weighted by Gasteiger charge is 2.31. The van der Waals surface area contributed by atoms with E-state index in [1.54, 1.807) is 31.2 Å². The van der Waals surface area contributed by atoms with Crippen molar-refractivity contribution in [2.45, 2.75) is 19.5 Å². The zero-order valence-corrected chi connectivity index (χ0v) is 10.0. The van der Waals surface area contributed by atoms with Crippen molar-refractivity contribution < 1.29 is 9.59 Å². The summed E-state index contributed by atoms with van der Waals surface area (Å²) in [6, 6.07) is 8.67. The molecule has 1 aliphatic heterocycles. The maximum atomic E-state index is 11.9. The van der Waals surface area contributed by atoms with E-state index in [2.05, 4.69) is 11.4 Å². The summed E-state index contributed by atoms with van der Waals surface area (Å²) in [6.07, 6.45) is 0. The van der Waals surface area contributed by atoms with Gasteiger partial charge >= 0.3 is 0 Å². The molecule has 1 unspecified atom stereocenters. The van der Waals surface area contributed by atoms with Gasteiger partial charge in [-0.15, -0.1) is 0 Å². The molecule has 0 saturated carbocycles. The molecule has 5 nitrogen and oxygen atoms in total. The molecule has 92 valence electrons. The Bertz CT molecular complexity index is 533. The van der Waals surface area contributed by atoms with Gasteiger partial charge in [0.15, 0.2) is 0 Å². The lowest BCUT2D eigenvalue weighted by atomic mass is 10.1. The van der Waals surface area contributed by atoms with Gasteiger partial charge in [-0.25, -0.2) is 0 Å². The van der Waals surface area contributed by atoms with Gasteiger partial charge in [0.25, 0.3) is 0 Å². The number of nitriles is 1. The molecule has 0 spiro atoms. The summed E-state index contributed by atoms with van der Waals surface area (Å²) in [5.41, 5.74) is 1.18. The van der Waals surface area contributed by atoms with Gasteiger partial charge in [-0.1, -0.05) is 18.2 Å². The highest BCUT2D eigenvalue weighted by molar-refractivity contribution is 6.00. The van der Waals surface area contributed by atoms with Gasteiger partial charge in [-0.05, 0) is 18.6 Å². The van der Waals surface area contributed by atoms with Crippen LogP contribution in [0.3, 0.4) is 0 Å². The number of rotatable bonds is 2. The Hall–Kier alpha value is -2.19. The molecule has 18 heavy (non-hydrogen) atoms. The van der Waals surface area contributed by atoms with Crippen molar-refractivity contribution >= 4 is 11.8 Å². The molecule has 0 aliphatic carbocycles. The largest absolute Gasteiger partial charge is 0.298 e. The van der Waals surface area contributed by atoms with Crippen molar-refractivity contribution in [3.63, 3.8) is 0 Å². The second kappa shape index (κ2) is 4.98. The lowest BCUT2D eigenvalue weighted by Crippen LogP contribution is -2.56. The molecule has 1 fully saturated rings. The van der Waals surface area contributed by atoms with Crippen LogP contribution in [0.15, 0.2) is 24.3 Å². The number of nitrogens with zero attached hydrogens (tertiary/aromatic N) is 2. The zero-order chi connectivity index (χ0) is 13.1. The van der Waals surface area contributed by atoms with E-state index < -0.39 is 0 Å². The Morgan fingerprint density at radius 1 is 1.44 bits per heavy atom. The summed E-state index contributed by atoms with van der Waals surface area (Å²) in [5, 5.41) is 11.8. The van der Waals surface area contributed by atoms with Crippen LogP contribution >= 0.6 is 0 Å². The third kappa shape index (κ3) is 2.24. The van der Waals surface area contributed by atoms with Gasteiger partial charge in [0.2, 0.25) is 11.8 Å². The Labute approximate surface area is 105 Å². The summed E-state index contributed by atoms with van der Waals surface area (Å²) in [5.74, 6) is -0.509. The predicted octanol–water partition coefficient (Wildman–Crippen LogP) is 0.405. The van der Waals surface area contributed by atoms with E-state index in [4.69, 9.17) is 5.26 Å². The van der Waals surface area contributed by atoms with Crippen molar-refractivity contribution in [3.8, 4) is 6.07 Å². The third-order valence-corrected chi connectivity index (χ3v) is 2.96. The van der Waals surface area contributed by atoms with Gasteiger partial charge in [0.1, 0.15) is 0 Å². The van der Waals surface area contributed by atoms with Crippen molar-refractivity contribution in [3.05, 3.63) is 35.4 Å². The first kappa shape index (κ1) is 12.3. The minimum Gasteiger partial charge on any atom is -0.298 e. The van der Waals surface area contributed by atoms with Crippen LogP contribution in [0, 0.1) is 11.3 Å². The van der Waals surface area contributed by atoms with Crippen LogP contribution in [0.1, 0.15) is 18.1 Å². The highest BCUT2D eigenvalue weighted by Crippen LogP contribution is 2.13. The molecule has 1 atom stereocenters. The van der Waals surface area contributed by atoms with Gasteiger partial charge < -0.3 is 0 Å². The Morgan fingerprint density at radius 3 is 2.89 bits per heavy atom. The van der Waals surface area contributed by atoms with E-state index in [9.17, 15) is 9.59 Å². The first-order chi connectivity index (χ1) is 8.63. The van der Waals surface area contributed by atoms with Gasteiger partial charge in [0.05, 0.1) is 30.8 Å². The summed E-state index contributed by atoms with van der Waals surface area (Å²) >= 11 is 0. The fraction of sp³-hybridized carbons (Fsp3) is 0.308. The second-order valence-corrected chi connectivity index (χ2v) is 4.19. The minimum absolute atomic E-state index is 0.154. The Kier molecular flexibility index (Phi) is 3.40. The molecule has 1 N–H and O–H groups in total. The summed E-state index contributed by atoms with van der Waals surface area (Å²) in [4.78, 5) is 24.8. The number of benzene rings is 1. The summed E-state index contributed by atoms with van der Waals surface area (Å²) in [7, 11) is 0. The molecule has 1 aromatic carbocycles. The quantitative estimate of drug-likeness (QED) is 0.763. The van der Waals surface area contributed by atoms with Crippen LogP contribution in [0.5, 0.6) is 0 Å². The standard InChI is InChI=1S/C13H13N3O2/c1-9-13(18)16(12(17)7-15-9)8-11-5-3-2-4-10(11)6-14/h2-5,9,15H,7-8H2,1H3. The molecule has 1 heterocycles. The van der Waals surface area contributed by atoms with Crippen molar-refractivity contribution in [1.82, 2.24) is 10.2 Å². The first-order valence-corrected chi connectivity index (χ1v) is 5.69. The SMILES string of the molecule is CC1NCC(=O)N(Cc2ccccc2C#N)C1=O. The third-order valence-electron chi connectivity index (χ3n) is 2.96. The Balaban J connectivity index is 2.25. The number of nitrogens with one attached hydrogen (secondary N) is 1. The molecule has 1 aliphatic rings. The maximum absolute atomic E-state index is 11.9. The van der Waals surface area contributed by atoms with Gasteiger partial charge in [0, 0.05) is 0 Å². The molecule has 2 rings (SSSR count). The van der Waals surface area contributed by atoms with Crippen molar-refractivity contribution in [1.29, 1.82) is 5.26 Å². The second-order valence-electron chi connectivity index (χ2n) is 4.19. The molecule has 1 aromatic rings. The van der Waals surface area contributed by atoms with Crippen LogP contribution in [-0.4, -0.2) is 29.3 Å². The normalized spacial score (nSPS) is 19.8. The fourth-order valence-corrected chi connectivity index (χ4v) is 1.88. The van der Waals surface area contributed by atoms with Crippen molar-refractivity contribution in [2.75, 3.05) is 6.54 Å². The van der Waals surface area contributed by atoms with Crippen LogP contribution < -0.4 is 5.32 Å². The molecule has 0 aromatic heterocycles.